The number of nitrogens with zero attached hydrogens (tertiary/aromatic N) is 2. The molecule has 0 aliphatic heterocycles. The van der Waals surface area contributed by atoms with Gasteiger partial charge in [0.2, 0.25) is 0 Å². The van der Waals surface area contributed by atoms with Crippen molar-refractivity contribution in [3.05, 3.63) is 4.88 Å². The van der Waals surface area contributed by atoms with Gasteiger partial charge in [-0.2, -0.15) is 0 Å². The van der Waals surface area contributed by atoms with Gasteiger partial charge in [0, 0.05) is 19.1 Å². The summed E-state index contributed by atoms with van der Waals surface area (Å²) < 4.78 is 0. The number of anilines is 2. The zero-order chi connectivity index (χ0) is 14.8. The maximum absolute atomic E-state index is 12.4. The number of amides is 1. The number of thiazole rings is 1. The summed E-state index contributed by atoms with van der Waals surface area (Å²) in [6.45, 7) is 5.13. The quantitative estimate of drug-likeness (QED) is 0.876. The molecule has 0 unspecified atom stereocenters. The van der Waals surface area contributed by atoms with E-state index >= 15 is 0 Å². The number of nitrogens with one attached hydrogen (secondary N) is 1. The maximum atomic E-state index is 12.4. The fourth-order valence-electron chi connectivity index (χ4n) is 2.69. The molecule has 1 fully saturated rings. The standard InChI is InChI=1S/C14H24N4OS/c1-4-9-18(3)13-16-11(15)10(20-13)12(19)17-14(2)7-5-6-8-14/h4-9,15H2,1-3H3,(H,17,19). The second-order valence-corrected chi connectivity index (χ2v) is 6.83. The molecule has 0 saturated heterocycles. The highest BCUT2D eigenvalue weighted by atomic mass is 32.1. The Morgan fingerprint density at radius 3 is 2.75 bits per heavy atom. The Morgan fingerprint density at radius 1 is 1.50 bits per heavy atom. The lowest BCUT2D eigenvalue weighted by Gasteiger charge is -2.24. The predicted molar refractivity (Wildman–Crippen MR) is 84.4 cm³/mol. The van der Waals surface area contributed by atoms with Crippen LogP contribution < -0.4 is 16.0 Å². The van der Waals surface area contributed by atoms with Gasteiger partial charge in [0.25, 0.3) is 5.91 Å². The lowest BCUT2D eigenvalue weighted by atomic mass is 10.0. The first-order valence-corrected chi connectivity index (χ1v) is 8.07. The van der Waals surface area contributed by atoms with Gasteiger partial charge in [-0.05, 0) is 26.2 Å². The highest BCUT2D eigenvalue weighted by Gasteiger charge is 2.31. The molecule has 0 radical (unpaired) electrons. The molecule has 0 bridgehead atoms. The van der Waals surface area contributed by atoms with Crippen molar-refractivity contribution in [3.63, 3.8) is 0 Å². The van der Waals surface area contributed by atoms with Gasteiger partial charge < -0.3 is 16.0 Å². The third-order valence-electron chi connectivity index (χ3n) is 3.86. The summed E-state index contributed by atoms with van der Waals surface area (Å²) in [5.41, 5.74) is 5.83. The van der Waals surface area contributed by atoms with Crippen molar-refractivity contribution < 1.29 is 4.79 Å². The van der Waals surface area contributed by atoms with Gasteiger partial charge in [0.05, 0.1) is 0 Å². The number of hydrogen-bond donors (Lipinski definition) is 2. The summed E-state index contributed by atoms with van der Waals surface area (Å²) in [4.78, 5) is 19.3. The molecule has 6 heteroatoms. The molecule has 2 rings (SSSR count). The van der Waals surface area contributed by atoms with Crippen molar-refractivity contribution in [2.75, 3.05) is 24.2 Å². The van der Waals surface area contributed by atoms with Crippen LogP contribution in [0.3, 0.4) is 0 Å². The van der Waals surface area contributed by atoms with E-state index in [0.29, 0.717) is 10.7 Å². The molecule has 1 aliphatic rings. The van der Waals surface area contributed by atoms with E-state index in [1.807, 2.05) is 11.9 Å². The molecule has 5 nitrogen and oxygen atoms in total. The van der Waals surface area contributed by atoms with Gasteiger partial charge in [-0.25, -0.2) is 4.98 Å². The van der Waals surface area contributed by atoms with Crippen molar-refractivity contribution in [3.8, 4) is 0 Å². The maximum Gasteiger partial charge on any atom is 0.265 e. The summed E-state index contributed by atoms with van der Waals surface area (Å²) in [6.07, 6.45) is 5.48. The van der Waals surface area contributed by atoms with Crippen LogP contribution in [0.4, 0.5) is 10.9 Å². The number of carbonyl (C=O) groups is 1. The number of rotatable bonds is 5. The molecule has 3 N–H and O–H groups in total. The van der Waals surface area contributed by atoms with Crippen molar-refractivity contribution >= 4 is 28.2 Å². The number of aromatic nitrogens is 1. The molecule has 1 amide bonds. The van der Waals surface area contributed by atoms with Crippen molar-refractivity contribution in [2.24, 2.45) is 0 Å². The van der Waals surface area contributed by atoms with Crippen molar-refractivity contribution in [2.45, 2.75) is 51.5 Å². The summed E-state index contributed by atoms with van der Waals surface area (Å²) in [5, 5.41) is 3.94. The molecule has 1 aromatic heterocycles. The SMILES string of the molecule is CCCN(C)c1nc(N)c(C(=O)NC2(C)CCCC2)s1. The highest BCUT2D eigenvalue weighted by Crippen LogP contribution is 2.32. The fourth-order valence-corrected chi connectivity index (χ4v) is 3.56. The number of carbonyl (C=O) groups excluding carboxylic acids is 1. The minimum absolute atomic E-state index is 0.0804. The third-order valence-corrected chi connectivity index (χ3v) is 5.04. The topological polar surface area (TPSA) is 71.2 Å². The van der Waals surface area contributed by atoms with E-state index in [1.165, 1.54) is 24.2 Å². The van der Waals surface area contributed by atoms with E-state index in [9.17, 15) is 4.79 Å². The van der Waals surface area contributed by atoms with Crippen LogP contribution in [0.2, 0.25) is 0 Å². The molecule has 1 saturated carbocycles. The minimum atomic E-state index is -0.0828. The van der Waals surface area contributed by atoms with Gasteiger partial charge >= 0.3 is 0 Å². The molecular formula is C14H24N4OS. The lowest BCUT2D eigenvalue weighted by molar-refractivity contribution is 0.0913. The van der Waals surface area contributed by atoms with Gasteiger partial charge in [-0.15, -0.1) is 0 Å². The van der Waals surface area contributed by atoms with E-state index in [-0.39, 0.29) is 11.4 Å². The van der Waals surface area contributed by atoms with E-state index in [2.05, 4.69) is 24.1 Å². The number of nitrogens with two attached hydrogens (primary N) is 1. The second-order valence-electron chi connectivity index (χ2n) is 5.85. The second kappa shape index (κ2) is 5.99. The summed E-state index contributed by atoms with van der Waals surface area (Å²) in [6, 6.07) is 0. The Hall–Kier alpha value is -1.30. The molecule has 1 aliphatic carbocycles. The summed E-state index contributed by atoms with van der Waals surface area (Å²) in [7, 11) is 1.97. The molecule has 20 heavy (non-hydrogen) atoms. The molecule has 1 heterocycles. The summed E-state index contributed by atoms with van der Waals surface area (Å²) >= 11 is 1.38. The highest BCUT2D eigenvalue weighted by molar-refractivity contribution is 7.18. The molecule has 0 spiro atoms. The van der Waals surface area contributed by atoms with Crippen LogP contribution in [0.15, 0.2) is 0 Å². The first kappa shape index (κ1) is 15.1. The Bertz CT molecular complexity index is 480. The lowest BCUT2D eigenvalue weighted by Crippen LogP contribution is -2.43. The van der Waals surface area contributed by atoms with Crippen LogP contribution in [0.5, 0.6) is 0 Å². The van der Waals surface area contributed by atoms with E-state index in [4.69, 9.17) is 5.73 Å². The van der Waals surface area contributed by atoms with Crippen molar-refractivity contribution in [1.29, 1.82) is 0 Å². The van der Waals surface area contributed by atoms with E-state index in [1.54, 1.807) is 0 Å². The Labute approximate surface area is 124 Å². The van der Waals surface area contributed by atoms with E-state index < -0.39 is 0 Å². The van der Waals surface area contributed by atoms with Crippen LogP contribution in [0.1, 0.15) is 55.6 Å². The Kier molecular flexibility index (Phi) is 4.52. The average Bonchev–Trinajstić information content (AvgIpc) is 2.96. The minimum Gasteiger partial charge on any atom is -0.382 e. The number of nitrogen functional groups attached to an aromatic ring is 1. The first-order chi connectivity index (χ1) is 9.45. The van der Waals surface area contributed by atoms with Gasteiger partial charge in [0.15, 0.2) is 5.13 Å². The molecule has 0 aromatic carbocycles. The number of hydrogen-bond acceptors (Lipinski definition) is 5. The van der Waals surface area contributed by atoms with Crippen LogP contribution in [-0.2, 0) is 0 Å². The smallest absolute Gasteiger partial charge is 0.265 e. The molecule has 1 aromatic rings. The third kappa shape index (κ3) is 3.23. The molecule has 112 valence electrons. The van der Waals surface area contributed by atoms with E-state index in [0.717, 1.165) is 30.9 Å². The van der Waals surface area contributed by atoms with Crippen LogP contribution in [0.25, 0.3) is 0 Å². The predicted octanol–water partition coefficient (Wildman–Crippen LogP) is 2.63. The zero-order valence-corrected chi connectivity index (χ0v) is 13.3. The monoisotopic (exact) mass is 296 g/mol. The normalized spacial score (nSPS) is 17.1. The Balaban J connectivity index is 2.10. The Morgan fingerprint density at radius 2 is 2.15 bits per heavy atom. The van der Waals surface area contributed by atoms with Crippen LogP contribution in [0, 0.1) is 0 Å². The van der Waals surface area contributed by atoms with Gasteiger partial charge in [-0.1, -0.05) is 31.1 Å². The zero-order valence-electron chi connectivity index (χ0n) is 12.5. The van der Waals surface area contributed by atoms with Crippen molar-refractivity contribution in [1.82, 2.24) is 10.3 Å². The van der Waals surface area contributed by atoms with Crippen LogP contribution in [-0.4, -0.2) is 30.0 Å². The van der Waals surface area contributed by atoms with Gasteiger partial charge in [-0.3, -0.25) is 4.79 Å². The molecule has 0 atom stereocenters. The van der Waals surface area contributed by atoms with Crippen LogP contribution >= 0.6 is 11.3 Å². The largest absolute Gasteiger partial charge is 0.382 e. The first-order valence-electron chi connectivity index (χ1n) is 7.25. The average molecular weight is 296 g/mol. The summed E-state index contributed by atoms with van der Waals surface area (Å²) in [5.74, 6) is 0.257. The van der Waals surface area contributed by atoms with Gasteiger partial charge in [0.1, 0.15) is 10.7 Å². The fraction of sp³-hybridized carbons (Fsp3) is 0.714. The molecular weight excluding hydrogens is 272 g/mol.